The van der Waals surface area contributed by atoms with Gasteiger partial charge < -0.3 is 5.32 Å². The number of aromatic nitrogens is 3. The first-order valence-corrected chi connectivity index (χ1v) is 9.98. The van der Waals surface area contributed by atoms with Gasteiger partial charge in [-0.3, -0.25) is 14.6 Å². The Morgan fingerprint density at radius 2 is 1.89 bits per heavy atom. The summed E-state index contributed by atoms with van der Waals surface area (Å²) in [5.74, 6) is -0.0549. The highest BCUT2D eigenvalue weighted by molar-refractivity contribution is 7.99. The second-order valence-corrected chi connectivity index (χ2v) is 7.69. The molecule has 2 aromatic carbocycles. The second kappa shape index (κ2) is 9.03. The molecule has 0 aliphatic rings. The Bertz CT molecular complexity index is 1050. The Balaban J connectivity index is 1.59. The van der Waals surface area contributed by atoms with Gasteiger partial charge in [0.2, 0.25) is 5.91 Å². The van der Waals surface area contributed by atoms with E-state index in [2.05, 4.69) is 20.5 Å². The van der Waals surface area contributed by atoms with Crippen LogP contribution in [0.25, 0.3) is 0 Å². The SMILES string of the molecule is Cc1cccc(NC(=O)CSc2nnc(Cc3ccc(Cl)cc3)c(=O)[nH]2)c1C. The molecule has 0 aliphatic heterocycles. The van der Waals surface area contributed by atoms with Crippen molar-refractivity contribution in [3.63, 3.8) is 0 Å². The molecule has 8 heteroatoms. The van der Waals surface area contributed by atoms with Crippen LogP contribution in [0.4, 0.5) is 5.69 Å². The van der Waals surface area contributed by atoms with Crippen molar-refractivity contribution < 1.29 is 4.79 Å². The van der Waals surface area contributed by atoms with Crippen molar-refractivity contribution in [1.82, 2.24) is 15.2 Å². The first kappa shape index (κ1) is 20.1. The molecule has 28 heavy (non-hydrogen) atoms. The highest BCUT2D eigenvalue weighted by Gasteiger charge is 2.10. The predicted molar refractivity (Wildman–Crippen MR) is 112 cm³/mol. The fourth-order valence-corrected chi connectivity index (χ4v) is 3.26. The summed E-state index contributed by atoms with van der Waals surface area (Å²) in [7, 11) is 0. The van der Waals surface area contributed by atoms with E-state index in [9.17, 15) is 9.59 Å². The van der Waals surface area contributed by atoms with Crippen LogP contribution in [0, 0.1) is 13.8 Å². The Labute approximate surface area is 171 Å². The third-order valence-electron chi connectivity index (χ3n) is 4.25. The highest BCUT2D eigenvalue weighted by atomic mass is 35.5. The first-order valence-electron chi connectivity index (χ1n) is 8.61. The zero-order valence-electron chi connectivity index (χ0n) is 15.5. The minimum absolute atomic E-state index is 0.120. The minimum Gasteiger partial charge on any atom is -0.325 e. The van der Waals surface area contributed by atoms with Gasteiger partial charge in [0.05, 0.1) is 5.75 Å². The number of benzene rings is 2. The molecule has 2 N–H and O–H groups in total. The van der Waals surface area contributed by atoms with Gasteiger partial charge in [-0.25, -0.2) is 0 Å². The number of amides is 1. The van der Waals surface area contributed by atoms with E-state index in [4.69, 9.17) is 11.6 Å². The summed E-state index contributed by atoms with van der Waals surface area (Å²) in [6.45, 7) is 3.95. The number of anilines is 1. The minimum atomic E-state index is -0.317. The number of aryl methyl sites for hydroxylation is 1. The fourth-order valence-electron chi connectivity index (χ4n) is 2.53. The number of halogens is 1. The van der Waals surface area contributed by atoms with Crippen LogP contribution in [-0.2, 0) is 11.2 Å². The predicted octanol–water partition coefficient (Wildman–Crippen LogP) is 3.76. The van der Waals surface area contributed by atoms with E-state index in [1.807, 2.05) is 44.2 Å². The van der Waals surface area contributed by atoms with Crippen molar-refractivity contribution in [2.24, 2.45) is 0 Å². The summed E-state index contributed by atoms with van der Waals surface area (Å²) in [6, 6.07) is 12.9. The lowest BCUT2D eigenvalue weighted by Gasteiger charge is -2.10. The monoisotopic (exact) mass is 414 g/mol. The second-order valence-electron chi connectivity index (χ2n) is 6.29. The maximum atomic E-state index is 12.2. The summed E-state index contributed by atoms with van der Waals surface area (Å²) >= 11 is 6.99. The van der Waals surface area contributed by atoms with Gasteiger partial charge in [0.1, 0.15) is 5.69 Å². The molecule has 1 amide bonds. The molecule has 3 rings (SSSR count). The Kier molecular flexibility index (Phi) is 6.49. The molecule has 0 atom stereocenters. The number of nitrogens with zero attached hydrogens (tertiary/aromatic N) is 2. The molecule has 144 valence electrons. The van der Waals surface area contributed by atoms with Crippen LogP contribution in [0.3, 0.4) is 0 Å². The van der Waals surface area contributed by atoms with Gasteiger partial charge in [-0.1, -0.05) is 47.6 Å². The number of H-pyrrole nitrogens is 1. The topological polar surface area (TPSA) is 87.7 Å². The van der Waals surface area contributed by atoms with Gasteiger partial charge in [-0.2, -0.15) is 0 Å². The number of hydrogen-bond acceptors (Lipinski definition) is 5. The molecular weight excluding hydrogens is 396 g/mol. The van der Waals surface area contributed by atoms with Crippen LogP contribution < -0.4 is 10.9 Å². The van der Waals surface area contributed by atoms with E-state index >= 15 is 0 Å². The molecule has 0 saturated heterocycles. The van der Waals surface area contributed by atoms with Crippen molar-refractivity contribution in [2.75, 3.05) is 11.1 Å². The zero-order chi connectivity index (χ0) is 20.1. The Morgan fingerprint density at radius 3 is 2.61 bits per heavy atom. The van der Waals surface area contributed by atoms with Crippen LogP contribution in [0.5, 0.6) is 0 Å². The standard InChI is InChI=1S/C20H19ClN4O2S/c1-12-4-3-5-16(13(12)2)22-18(26)11-28-20-23-19(27)17(24-25-20)10-14-6-8-15(21)9-7-14/h3-9H,10-11H2,1-2H3,(H,22,26)(H,23,25,27). The van der Waals surface area contributed by atoms with Crippen LogP contribution in [-0.4, -0.2) is 26.8 Å². The largest absolute Gasteiger partial charge is 0.325 e. The first-order chi connectivity index (χ1) is 13.4. The quantitative estimate of drug-likeness (QED) is 0.599. The van der Waals surface area contributed by atoms with Crippen LogP contribution in [0.15, 0.2) is 52.4 Å². The zero-order valence-corrected chi connectivity index (χ0v) is 17.0. The summed E-state index contributed by atoms with van der Waals surface area (Å²) in [6.07, 6.45) is 0.359. The van der Waals surface area contributed by atoms with Gasteiger partial charge in [0.25, 0.3) is 5.56 Å². The molecular formula is C20H19ClN4O2S. The van der Waals surface area contributed by atoms with E-state index in [0.717, 1.165) is 34.1 Å². The highest BCUT2D eigenvalue weighted by Crippen LogP contribution is 2.19. The van der Waals surface area contributed by atoms with Crippen molar-refractivity contribution in [3.8, 4) is 0 Å². The van der Waals surface area contributed by atoms with Crippen molar-refractivity contribution >= 4 is 35.0 Å². The Morgan fingerprint density at radius 1 is 1.14 bits per heavy atom. The summed E-state index contributed by atoms with van der Waals surface area (Å²) in [4.78, 5) is 27.1. The lowest BCUT2D eigenvalue weighted by atomic mass is 10.1. The van der Waals surface area contributed by atoms with E-state index in [0.29, 0.717) is 22.3 Å². The number of nitrogens with one attached hydrogen (secondary N) is 2. The molecule has 1 heterocycles. The number of rotatable bonds is 6. The van der Waals surface area contributed by atoms with E-state index in [-0.39, 0.29) is 17.2 Å². The molecule has 0 saturated carbocycles. The normalized spacial score (nSPS) is 10.7. The molecule has 3 aromatic rings. The summed E-state index contributed by atoms with van der Waals surface area (Å²) in [5, 5.41) is 11.8. The number of carbonyl (C=O) groups is 1. The van der Waals surface area contributed by atoms with Gasteiger partial charge in [0.15, 0.2) is 5.16 Å². The third-order valence-corrected chi connectivity index (χ3v) is 5.36. The number of thioether (sulfide) groups is 1. The van der Waals surface area contributed by atoms with Crippen LogP contribution in [0.1, 0.15) is 22.4 Å². The van der Waals surface area contributed by atoms with Crippen LogP contribution >= 0.6 is 23.4 Å². The van der Waals surface area contributed by atoms with Crippen molar-refractivity contribution in [3.05, 3.63) is 80.2 Å². The number of aromatic amines is 1. The molecule has 0 aliphatic carbocycles. The van der Waals surface area contributed by atoms with Gasteiger partial charge >= 0.3 is 0 Å². The molecule has 0 bridgehead atoms. The maximum absolute atomic E-state index is 12.2. The lowest BCUT2D eigenvalue weighted by Crippen LogP contribution is -2.19. The molecule has 0 radical (unpaired) electrons. The molecule has 0 fully saturated rings. The maximum Gasteiger partial charge on any atom is 0.273 e. The van der Waals surface area contributed by atoms with Gasteiger partial charge in [0, 0.05) is 17.1 Å². The van der Waals surface area contributed by atoms with Crippen LogP contribution in [0.2, 0.25) is 5.02 Å². The van der Waals surface area contributed by atoms with Gasteiger partial charge in [-0.15, -0.1) is 10.2 Å². The van der Waals surface area contributed by atoms with E-state index in [1.165, 1.54) is 0 Å². The summed E-state index contributed by atoms with van der Waals surface area (Å²) in [5.41, 5.74) is 3.83. The van der Waals surface area contributed by atoms with E-state index in [1.54, 1.807) is 12.1 Å². The van der Waals surface area contributed by atoms with Crippen molar-refractivity contribution in [2.45, 2.75) is 25.4 Å². The molecule has 0 unspecified atom stereocenters. The number of hydrogen-bond donors (Lipinski definition) is 2. The molecule has 0 spiro atoms. The fraction of sp³-hybridized carbons (Fsp3) is 0.200. The summed E-state index contributed by atoms with van der Waals surface area (Å²) < 4.78 is 0. The molecule has 1 aromatic heterocycles. The van der Waals surface area contributed by atoms with E-state index < -0.39 is 0 Å². The lowest BCUT2D eigenvalue weighted by molar-refractivity contribution is -0.113. The molecule has 6 nitrogen and oxygen atoms in total. The van der Waals surface area contributed by atoms with Gasteiger partial charge in [-0.05, 0) is 48.7 Å². The third kappa shape index (κ3) is 5.21. The Hall–Kier alpha value is -2.64. The number of carbonyl (C=O) groups excluding carboxylic acids is 1. The van der Waals surface area contributed by atoms with Crippen molar-refractivity contribution in [1.29, 1.82) is 0 Å². The smallest absolute Gasteiger partial charge is 0.273 e. The average Bonchev–Trinajstić information content (AvgIpc) is 2.67. The average molecular weight is 415 g/mol.